The van der Waals surface area contributed by atoms with E-state index in [-0.39, 0.29) is 5.56 Å². The molecule has 5 heteroatoms. The molecular formula is C20H15N3O2. The number of benzene rings is 2. The number of aromatic amines is 1. The summed E-state index contributed by atoms with van der Waals surface area (Å²) >= 11 is 0. The third kappa shape index (κ3) is 2.72. The van der Waals surface area contributed by atoms with Crippen LogP contribution in [-0.4, -0.2) is 21.0 Å². The highest BCUT2D eigenvalue weighted by atomic mass is 16.4. The van der Waals surface area contributed by atoms with E-state index in [4.69, 9.17) is 10.8 Å². The number of nitrogens with one attached hydrogen (secondary N) is 1. The van der Waals surface area contributed by atoms with E-state index in [1.807, 2.05) is 48.8 Å². The predicted molar refractivity (Wildman–Crippen MR) is 98.3 cm³/mol. The molecule has 122 valence electrons. The summed E-state index contributed by atoms with van der Waals surface area (Å²) in [4.78, 5) is 18.7. The van der Waals surface area contributed by atoms with Crippen LogP contribution >= 0.6 is 0 Å². The number of nitrogen functional groups attached to an aromatic ring is 1. The van der Waals surface area contributed by atoms with Crippen molar-refractivity contribution < 1.29 is 9.90 Å². The normalized spacial score (nSPS) is 10.9. The first-order valence-corrected chi connectivity index (χ1v) is 7.78. The van der Waals surface area contributed by atoms with Crippen molar-refractivity contribution in [1.82, 2.24) is 9.97 Å². The highest BCUT2D eigenvalue weighted by molar-refractivity contribution is 5.96. The minimum Gasteiger partial charge on any atom is -0.478 e. The molecule has 25 heavy (non-hydrogen) atoms. The summed E-state index contributed by atoms with van der Waals surface area (Å²) in [5, 5.41) is 10.0. The number of fused-ring (bicyclic) bond motifs is 1. The van der Waals surface area contributed by atoms with Crippen LogP contribution in [0.15, 0.2) is 67.0 Å². The van der Waals surface area contributed by atoms with Crippen molar-refractivity contribution >= 4 is 22.7 Å². The number of nitrogens with two attached hydrogens (primary N) is 1. The molecular weight excluding hydrogens is 314 g/mol. The number of carboxylic acids is 1. The first-order valence-electron chi connectivity index (χ1n) is 7.78. The average molecular weight is 329 g/mol. The monoisotopic (exact) mass is 329 g/mol. The van der Waals surface area contributed by atoms with E-state index >= 15 is 0 Å². The van der Waals surface area contributed by atoms with Crippen LogP contribution in [0.25, 0.3) is 33.3 Å². The molecule has 2 aromatic heterocycles. The van der Waals surface area contributed by atoms with Gasteiger partial charge in [0.1, 0.15) is 5.65 Å². The Labute approximate surface area is 143 Å². The molecule has 5 nitrogen and oxygen atoms in total. The van der Waals surface area contributed by atoms with Crippen LogP contribution < -0.4 is 5.73 Å². The third-order valence-electron chi connectivity index (χ3n) is 4.22. The summed E-state index contributed by atoms with van der Waals surface area (Å²) in [5.74, 6) is -0.933. The van der Waals surface area contributed by atoms with E-state index in [0.717, 1.165) is 39.0 Å². The van der Waals surface area contributed by atoms with Crippen molar-refractivity contribution in [1.29, 1.82) is 0 Å². The first kappa shape index (κ1) is 15.0. The molecule has 0 saturated heterocycles. The van der Waals surface area contributed by atoms with Gasteiger partial charge in [-0.15, -0.1) is 0 Å². The standard InChI is InChI=1S/C20H15N3O2/c21-16-7-5-12(6-8-16)15-9-17-18(11-23-19(17)22-10-15)13-1-3-14(4-2-13)20(24)25/h1-11H,21H2,(H,22,23)(H,24,25). The van der Waals surface area contributed by atoms with Gasteiger partial charge in [0, 0.05) is 34.6 Å². The van der Waals surface area contributed by atoms with Crippen molar-refractivity contribution in [2.24, 2.45) is 0 Å². The highest BCUT2D eigenvalue weighted by Gasteiger charge is 2.10. The minimum atomic E-state index is -0.933. The van der Waals surface area contributed by atoms with Gasteiger partial charge in [-0.25, -0.2) is 9.78 Å². The van der Waals surface area contributed by atoms with Gasteiger partial charge in [-0.1, -0.05) is 24.3 Å². The van der Waals surface area contributed by atoms with Gasteiger partial charge in [0.05, 0.1) is 5.56 Å². The topological polar surface area (TPSA) is 92.0 Å². The zero-order valence-electron chi connectivity index (χ0n) is 13.2. The maximum Gasteiger partial charge on any atom is 0.335 e. The van der Waals surface area contributed by atoms with Gasteiger partial charge in [-0.05, 0) is 41.5 Å². The zero-order valence-corrected chi connectivity index (χ0v) is 13.2. The van der Waals surface area contributed by atoms with Crippen molar-refractivity contribution in [3.8, 4) is 22.3 Å². The summed E-state index contributed by atoms with van der Waals surface area (Å²) in [7, 11) is 0. The Kier molecular flexibility index (Phi) is 3.47. The lowest BCUT2D eigenvalue weighted by Gasteiger charge is -2.04. The number of carboxylic acid groups (broad SMARTS) is 1. The predicted octanol–water partition coefficient (Wildman–Crippen LogP) is 4.18. The van der Waals surface area contributed by atoms with Crippen LogP contribution in [0.4, 0.5) is 5.69 Å². The number of carbonyl (C=O) groups is 1. The quantitative estimate of drug-likeness (QED) is 0.492. The van der Waals surface area contributed by atoms with Gasteiger partial charge in [0.15, 0.2) is 0 Å². The average Bonchev–Trinajstić information content (AvgIpc) is 3.05. The molecule has 0 aliphatic heterocycles. The van der Waals surface area contributed by atoms with E-state index in [1.165, 1.54) is 0 Å². The van der Waals surface area contributed by atoms with E-state index in [0.29, 0.717) is 0 Å². The Balaban J connectivity index is 1.81. The molecule has 4 aromatic rings. The lowest BCUT2D eigenvalue weighted by molar-refractivity contribution is 0.0697. The number of hydrogen-bond donors (Lipinski definition) is 3. The van der Waals surface area contributed by atoms with Gasteiger partial charge in [0.2, 0.25) is 0 Å². The van der Waals surface area contributed by atoms with Crippen molar-refractivity contribution in [3.05, 3.63) is 72.6 Å². The van der Waals surface area contributed by atoms with Crippen LogP contribution in [0.5, 0.6) is 0 Å². The highest BCUT2D eigenvalue weighted by Crippen LogP contribution is 2.31. The largest absolute Gasteiger partial charge is 0.478 e. The van der Waals surface area contributed by atoms with Gasteiger partial charge < -0.3 is 15.8 Å². The zero-order chi connectivity index (χ0) is 17.4. The first-order chi connectivity index (χ1) is 12.1. The number of nitrogens with zero attached hydrogens (tertiary/aromatic N) is 1. The Morgan fingerprint density at radius 1 is 0.960 bits per heavy atom. The summed E-state index contributed by atoms with van der Waals surface area (Å²) in [6.07, 6.45) is 3.71. The van der Waals surface area contributed by atoms with Crippen molar-refractivity contribution in [2.45, 2.75) is 0 Å². The van der Waals surface area contributed by atoms with Crippen LogP contribution in [0.3, 0.4) is 0 Å². The van der Waals surface area contributed by atoms with Gasteiger partial charge in [-0.2, -0.15) is 0 Å². The second-order valence-electron chi connectivity index (χ2n) is 5.83. The van der Waals surface area contributed by atoms with E-state index in [1.54, 1.807) is 12.1 Å². The number of pyridine rings is 1. The molecule has 0 atom stereocenters. The Morgan fingerprint density at radius 2 is 1.64 bits per heavy atom. The minimum absolute atomic E-state index is 0.268. The van der Waals surface area contributed by atoms with E-state index in [9.17, 15) is 4.79 Å². The summed E-state index contributed by atoms with van der Waals surface area (Å²) in [5.41, 5.74) is 11.5. The molecule has 0 aliphatic rings. The van der Waals surface area contributed by atoms with Crippen LogP contribution in [-0.2, 0) is 0 Å². The van der Waals surface area contributed by atoms with E-state index in [2.05, 4.69) is 16.0 Å². The molecule has 0 bridgehead atoms. The molecule has 4 N–H and O–H groups in total. The summed E-state index contributed by atoms with van der Waals surface area (Å²) in [6.45, 7) is 0. The fourth-order valence-electron chi connectivity index (χ4n) is 2.87. The van der Waals surface area contributed by atoms with Crippen molar-refractivity contribution in [3.63, 3.8) is 0 Å². The number of aromatic nitrogens is 2. The smallest absolute Gasteiger partial charge is 0.335 e. The lowest BCUT2D eigenvalue weighted by Crippen LogP contribution is -1.94. The Bertz CT molecular complexity index is 1060. The van der Waals surface area contributed by atoms with Gasteiger partial charge in [0.25, 0.3) is 0 Å². The molecule has 2 heterocycles. The van der Waals surface area contributed by atoms with Crippen LogP contribution in [0.1, 0.15) is 10.4 Å². The fourth-order valence-corrected chi connectivity index (χ4v) is 2.87. The molecule has 4 rings (SSSR count). The second kappa shape index (κ2) is 5.79. The van der Waals surface area contributed by atoms with Crippen LogP contribution in [0.2, 0.25) is 0 Å². The Hall–Kier alpha value is -3.60. The van der Waals surface area contributed by atoms with Crippen LogP contribution in [0, 0.1) is 0 Å². The molecule has 0 saturated carbocycles. The summed E-state index contributed by atoms with van der Waals surface area (Å²) in [6, 6.07) is 16.6. The Morgan fingerprint density at radius 3 is 2.32 bits per heavy atom. The maximum absolute atomic E-state index is 11.0. The maximum atomic E-state index is 11.0. The van der Waals surface area contributed by atoms with E-state index < -0.39 is 5.97 Å². The summed E-state index contributed by atoms with van der Waals surface area (Å²) < 4.78 is 0. The van der Waals surface area contributed by atoms with Gasteiger partial charge >= 0.3 is 5.97 Å². The second-order valence-corrected chi connectivity index (χ2v) is 5.83. The molecule has 0 unspecified atom stereocenters. The number of H-pyrrole nitrogens is 1. The van der Waals surface area contributed by atoms with Crippen molar-refractivity contribution in [2.75, 3.05) is 5.73 Å². The molecule has 0 fully saturated rings. The molecule has 0 spiro atoms. The molecule has 0 radical (unpaired) electrons. The fraction of sp³-hybridized carbons (Fsp3) is 0. The molecule has 0 aliphatic carbocycles. The molecule has 2 aromatic carbocycles. The lowest BCUT2D eigenvalue weighted by atomic mass is 10.0. The van der Waals surface area contributed by atoms with Gasteiger partial charge in [-0.3, -0.25) is 0 Å². The number of anilines is 1. The number of rotatable bonds is 3. The SMILES string of the molecule is Nc1ccc(-c2cnc3[nH]cc(-c4ccc(C(=O)O)cc4)c3c2)cc1. The number of aromatic carboxylic acids is 1. The third-order valence-corrected chi connectivity index (χ3v) is 4.22. The molecule has 0 amide bonds. The number of hydrogen-bond acceptors (Lipinski definition) is 3.